The maximum absolute atomic E-state index is 13.8. The lowest BCUT2D eigenvalue weighted by Gasteiger charge is -2.40. The molecule has 0 aliphatic heterocycles. The normalized spacial score (nSPS) is 18.2. The van der Waals surface area contributed by atoms with Crippen LogP contribution in [0.25, 0.3) is 0 Å². The summed E-state index contributed by atoms with van der Waals surface area (Å²) in [5.74, 6) is -0.313. The number of nitrogens with zero attached hydrogens (tertiary/aromatic N) is 1. The van der Waals surface area contributed by atoms with Crippen molar-refractivity contribution in [2.45, 2.75) is 57.6 Å². The van der Waals surface area contributed by atoms with Gasteiger partial charge in [-0.25, -0.2) is 4.39 Å². The standard InChI is InChI=1S/C19H29FN2O2/c1-3-22(4-2)18(24)19(12-8-5-9-13-19)21-14-17(23)15-10-6-7-11-16(15)20/h6-7,10-11,17,21,23H,3-5,8-9,12-14H2,1-2H3. The third kappa shape index (κ3) is 4.14. The minimum Gasteiger partial charge on any atom is -0.387 e. The number of benzene rings is 1. The van der Waals surface area contributed by atoms with Crippen LogP contribution in [0.4, 0.5) is 4.39 Å². The summed E-state index contributed by atoms with van der Waals surface area (Å²) in [4.78, 5) is 14.8. The van der Waals surface area contributed by atoms with Crippen molar-refractivity contribution < 1.29 is 14.3 Å². The van der Waals surface area contributed by atoms with Crippen LogP contribution in [0, 0.1) is 5.82 Å². The topological polar surface area (TPSA) is 52.6 Å². The van der Waals surface area contributed by atoms with Gasteiger partial charge in [-0.3, -0.25) is 4.79 Å². The molecule has 134 valence electrons. The number of aliphatic hydroxyl groups is 1. The third-order valence-electron chi connectivity index (χ3n) is 5.07. The molecule has 1 saturated carbocycles. The molecule has 1 fully saturated rings. The second-order valence-corrected chi connectivity index (χ2v) is 6.54. The molecule has 1 aromatic carbocycles. The average Bonchev–Trinajstić information content (AvgIpc) is 2.62. The Morgan fingerprint density at radius 3 is 2.46 bits per heavy atom. The first-order valence-corrected chi connectivity index (χ1v) is 9.01. The Hall–Kier alpha value is -1.46. The van der Waals surface area contributed by atoms with Crippen LogP contribution in [0.3, 0.4) is 0 Å². The maximum atomic E-state index is 13.8. The van der Waals surface area contributed by atoms with Gasteiger partial charge >= 0.3 is 0 Å². The molecule has 1 aliphatic carbocycles. The number of nitrogens with one attached hydrogen (secondary N) is 1. The van der Waals surface area contributed by atoms with Crippen LogP contribution in [0.2, 0.25) is 0 Å². The Balaban J connectivity index is 2.11. The molecule has 1 unspecified atom stereocenters. The van der Waals surface area contributed by atoms with Gasteiger partial charge in [-0.15, -0.1) is 0 Å². The van der Waals surface area contributed by atoms with Crippen molar-refractivity contribution in [3.05, 3.63) is 35.6 Å². The van der Waals surface area contributed by atoms with Gasteiger partial charge in [0.1, 0.15) is 5.82 Å². The van der Waals surface area contributed by atoms with E-state index in [9.17, 15) is 14.3 Å². The van der Waals surface area contributed by atoms with Crippen LogP contribution in [0.15, 0.2) is 24.3 Å². The summed E-state index contributed by atoms with van der Waals surface area (Å²) in [5.41, 5.74) is -0.359. The fraction of sp³-hybridized carbons (Fsp3) is 0.632. The molecule has 2 rings (SSSR count). The summed E-state index contributed by atoms with van der Waals surface area (Å²) >= 11 is 0. The maximum Gasteiger partial charge on any atom is 0.242 e. The summed E-state index contributed by atoms with van der Waals surface area (Å²) in [7, 11) is 0. The number of aliphatic hydroxyl groups excluding tert-OH is 1. The van der Waals surface area contributed by atoms with E-state index in [2.05, 4.69) is 5.32 Å². The Kier molecular flexibility index (Phi) is 6.75. The molecule has 2 N–H and O–H groups in total. The predicted molar refractivity (Wildman–Crippen MR) is 93.1 cm³/mol. The molecule has 0 saturated heterocycles. The Bertz CT molecular complexity index is 540. The molecular formula is C19H29FN2O2. The van der Waals surface area contributed by atoms with Gasteiger partial charge in [0.15, 0.2) is 0 Å². The van der Waals surface area contributed by atoms with E-state index in [1.54, 1.807) is 18.2 Å². The second-order valence-electron chi connectivity index (χ2n) is 6.54. The fourth-order valence-electron chi connectivity index (χ4n) is 3.58. The van der Waals surface area contributed by atoms with Gasteiger partial charge in [0, 0.05) is 25.2 Å². The van der Waals surface area contributed by atoms with Crippen LogP contribution in [0.1, 0.15) is 57.6 Å². The predicted octanol–water partition coefficient (Wildman–Crippen LogP) is 3.02. The molecule has 4 nitrogen and oxygen atoms in total. The number of likely N-dealkylation sites (N-methyl/N-ethyl adjacent to an activating group) is 1. The minimum atomic E-state index is -0.963. The zero-order valence-electron chi connectivity index (χ0n) is 14.7. The zero-order chi connectivity index (χ0) is 17.6. The lowest BCUT2D eigenvalue weighted by Crippen LogP contribution is -2.59. The molecule has 0 bridgehead atoms. The number of carbonyl (C=O) groups is 1. The molecule has 5 heteroatoms. The van der Waals surface area contributed by atoms with Gasteiger partial charge in [0.05, 0.1) is 11.6 Å². The molecule has 0 heterocycles. The number of hydrogen-bond donors (Lipinski definition) is 2. The van der Waals surface area contributed by atoms with Crippen molar-refractivity contribution in [3.63, 3.8) is 0 Å². The Morgan fingerprint density at radius 1 is 1.25 bits per heavy atom. The van der Waals surface area contributed by atoms with Crippen LogP contribution in [-0.2, 0) is 4.79 Å². The first kappa shape index (κ1) is 18.9. The number of rotatable bonds is 7. The molecule has 0 spiro atoms. The van der Waals surface area contributed by atoms with Gasteiger partial charge in [-0.2, -0.15) is 0 Å². The van der Waals surface area contributed by atoms with E-state index < -0.39 is 17.5 Å². The molecular weight excluding hydrogens is 307 g/mol. The molecule has 0 aromatic heterocycles. The third-order valence-corrected chi connectivity index (χ3v) is 5.07. The number of hydrogen-bond acceptors (Lipinski definition) is 3. The summed E-state index contributed by atoms with van der Waals surface area (Å²) in [6.45, 7) is 5.48. The monoisotopic (exact) mass is 336 g/mol. The number of carbonyl (C=O) groups excluding carboxylic acids is 1. The smallest absolute Gasteiger partial charge is 0.242 e. The summed E-state index contributed by atoms with van der Waals surface area (Å²) < 4.78 is 13.8. The summed E-state index contributed by atoms with van der Waals surface area (Å²) in [6, 6.07) is 6.24. The number of β-amino-alcohol motifs (C(OH)–C–C–N with tert-alkyl or cyclic N) is 1. The van der Waals surface area contributed by atoms with Gasteiger partial charge in [0.25, 0.3) is 0 Å². The van der Waals surface area contributed by atoms with Crippen molar-refractivity contribution in [3.8, 4) is 0 Å². The van der Waals surface area contributed by atoms with Crippen molar-refractivity contribution in [1.82, 2.24) is 10.2 Å². The zero-order valence-corrected chi connectivity index (χ0v) is 14.7. The van der Waals surface area contributed by atoms with Crippen molar-refractivity contribution in [2.75, 3.05) is 19.6 Å². The minimum absolute atomic E-state index is 0.105. The second kappa shape index (κ2) is 8.58. The number of halogens is 1. The first-order valence-electron chi connectivity index (χ1n) is 9.01. The largest absolute Gasteiger partial charge is 0.387 e. The van der Waals surface area contributed by atoms with Crippen molar-refractivity contribution in [2.24, 2.45) is 0 Å². The van der Waals surface area contributed by atoms with E-state index in [1.165, 1.54) is 6.07 Å². The highest BCUT2D eigenvalue weighted by molar-refractivity contribution is 5.86. The van der Waals surface area contributed by atoms with E-state index in [0.717, 1.165) is 32.1 Å². The number of amides is 1. The van der Waals surface area contributed by atoms with E-state index in [4.69, 9.17) is 0 Å². The summed E-state index contributed by atoms with van der Waals surface area (Å²) in [6.07, 6.45) is 3.70. The summed E-state index contributed by atoms with van der Waals surface area (Å²) in [5, 5.41) is 13.7. The van der Waals surface area contributed by atoms with E-state index in [1.807, 2.05) is 18.7 Å². The highest BCUT2D eigenvalue weighted by Crippen LogP contribution is 2.31. The van der Waals surface area contributed by atoms with Gasteiger partial charge in [-0.1, -0.05) is 37.5 Å². The quantitative estimate of drug-likeness (QED) is 0.805. The van der Waals surface area contributed by atoms with E-state index in [-0.39, 0.29) is 18.0 Å². The highest BCUT2D eigenvalue weighted by atomic mass is 19.1. The first-order chi connectivity index (χ1) is 11.5. The van der Waals surface area contributed by atoms with Crippen molar-refractivity contribution >= 4 is 5.91 Å². The van der Waals surface area contributed by atoms with Crippen LogP contribution >= 0.6 is 0 Å². The molecule has 0 radical (unpaired) electrons. The van der Waals surface area contributed by atoms with E-state index >= 15 is 0 Å². The molecule has 1 atom stereocenters. The molecule has 1 aromatic rings. The lowest BCUT2D eigenvalue weighted by molar-refractivity contribution is -0.139. The highest BCUT2D eigenvalue weighted by Gasteiger charge is 2.41. The lowest BCUT2D eigenvalue weighted by atomic mass is 9.80. The van der Waals surface area contributed by atoms with Gasteiger partial charge in [-0.05, 0) is 32.8 Å². The molecule has 24 heavy (non-hydrogen) atoms. The Labute approximate surface area is 144 Å². The van der Waals surface area contributed by atoms with Crippen LogP contribution < -0.4 is 5.32 Å². The van der Waals surface area contributed by atoms with Crippen LogP contribution in [-0.4, -0.2) is 41.1 Å². The van der Waals surface area contributed by atoms with Crippen LogP contribution in [0.5, 0.6) is 0 Å². The Morgan fingerprint density at radius 2 is 1.88 bits per heavy atom. The van der Waals surface area contributed by atoms with Gasteiger partial charge in [0.2, 0.25) is 5.91 Å². The van der Waals surface area contributed by atoms with E-state index in [0.29, 0.717) is 13.1 Å². The van der Waals surface area contributed by atoms with Crippen molar-refractivity contribution in [1.29, 1.82) is 0 Å². The SMILES string of the molecule is CCN(CC)C(=O)C1(NCC(O)c2ccccc2F)CCCCC1. The fourth-order valence-corrected chi connectivity index (χ4v) is 3.58. The van der Waals surface area contributed by atoms with Gasteiger partial charge < -0.3 is 15.3 Å². The molecule has 1 amide bonds. The average molecular weight is 336 g/mol. The molecule has 1 aliphatic rings.